The van der Waals surface area contributed by atoms with Gasteiger partial charge in [-0.3, -0.25) is 4.79 Å². The summed E-state index contributed by atoms with van der Waals surface area (Å²) < 4.78 is 5.59. The van der Waals surface area contributed by atoms with E-state index in [1.807, 2.05) is 0 Å². The van der Waals surface area contributed by atoms with E-state index in [1.54, 1.807) is 0 Å². The summed E-state index contributed by atoms with van der Waals surface area (Å²) in [4.78, 5) is 14.4. The highest BCUT2D eigenvalue weighted by molar-refractivity contribution is 9.09. The highest BCUT2D eigenvalue weighted by Gasteiger charge is 2.28. The van der Waals surface area contributed by atoms with Crippen LogP contribution < -0.4 is 0 Å². The molecule has 2 fully saturated rings. The number of hydrogen-bond acceptors (Lipinski definition) is 2. The fourth-order valence-electron chi connectivity index (χ4n) is 2.74. The molecule has 18 heavy (non-hydrogen) atoms. The van der Waals surface area contributed by atoms with Crippen molar-refractivity contribution in [2.45, 2.75) is 63.5 Å². The Balaban J connectivity index is 1.74. The first-order valence-electron chi connectivity index (χ1n) is 7.28. The Labute approximate surface area is 118 Å². The van der Waals surface area contributed by atoms with Crippen molar-refractivity contribution >= 4 is 21.8 Å². The quantitative estimate of drug-likeness (QED) is 0.675. The molecule has 0 spiro atoms. The van der Waals surface area contributed by atoms with E-state index in [9.17, 15) is 4.79 Å². The van der Waals surface area contributed by atoms with E-state index in [1.165, 1.54) is 19.3 Å². The van der Waals surface area contributed by atoms with Crippen LogP contribution in [0.2, 0.25) is 0 Å². The van der Waals surface area contributed by atoms with Crippen LogP contribution in [0.1, 0.15) is 51.4 Å². The molecule has 2 rings (SSSR count). The predicted octanol–water partition coefficient (Wildman–Crippen LogP) is 3.11. The Kier molecular flexibility index (Phi) is 5.96. The van der Waals surface area contributed by atoms with Crippen LogP contribution >= 0.6 is 15.9 Å². The number of amides is 1. The molecule has 1 unspecified atom stereocenters. The minimum Gasteiger partial charge on any atom is -0.378 e. The lowest BCUT2D eigenvalue weighted by atomic mass is 9.91. The van der Waals surface area contributed by atoms with Gasteiger partial charge in [-0.05, 0) is 44.9 Å². The Morgan fingerprint density at radius 2 is 2.11 bits per heavy atom. The first-order chi connectivity index (χ1) is 8.81. The van der Waals surface area contributed by atoms with Crippen molar-refractivity contribution < 1.29 is 9.53 Å². The molecule has 1 heterocycles. The fourth-order valence-corrected chi connectivity index (χ4v) is 2.99. The molecule has 1 atom stereocenters. The average Bonchev–Trinajstić information content (AvgIpc) is 2.81. The van der Waals surface area contributed by atoms with Gasteiger partial charge < -0.3 is 9.64 Å². The van der Waals surface area contributed by atoms with Gasteiger partial charge in [-0.25, -0.2) is 0 Å². The summed E-state index contributed by atoms with van der Waals surface area (Å²) in [6.45, 7) is 1.80. The third-order valence-corrected chi connectivity index (χ3v) is 4.63. The minimum atomic E-state index is 0.341. The van der Waals surface area contributed by atoms with Gasteiger partial charge in [-0.2, -0.15) is 0 Å². The first kappa shape index (κ1) is 14.3. The van der Waals surface area contributed by atoms with E-state index in [-0.39, 0.29) is 0 Å². The fraction of sp³-hybridized carbons (Fsp3) is 0.929. The van der Waals surface area contributed by atoms with Gasteiger partial charge in [0, 0.05) is 30.9 Å². The molecule has 0 radical (unpaired) electrons. The molecule has 0 bridgehead atoms. The summed E-state index contributed by atoms with van der Waals surface area (Å²) in [5.74, 6) is 0.344. The number of alkyl halides is 1. The molecule has 4 heteroatoms. The Morgan fingerprint density at radius 1 is 1.28 bits per heavy atom. The lowest BCUT2D eigenvalue weighted by Gasteiger charge is -2.38. The lowest BCUT2D eigenvalue weighted by molar-refractivity contribution is -0.135. The smallest absolute Gasteiger partial charge is 0.222 e. The summed E-state index contributed by atoms with van der Waals surface area (Å²) >= 11 is 3.45. The van der Waals surface area contributed by atoms with Crippen molar-refractivity contribution in [2.24, 2.45) is 0 Å². The molecule has 0 aromatic heterocycles. The van der Waals surface area contributed by atoms with Gasteiger partial charge in [0.1, 0.15) is 0 Å². The zero-order chi connectivity index (χ0) is 12.8. The summed E-state index contributed by atoms with van der Waals surface area (Å²) in [7, 11) is 0. The van der Waals surface area contributed by atoms with Crippen molar-refractivity contribution in [3.05, 3.63) is 0 Å². The van der Waals surface area contributed by atoms with Gasteiger partial charge >= 0.3 is 0 Å². The highest BCUT2D eigenvalue weighted by Crippen LogP contribution is 2.26. The van der Waals surface area contributed by atoms with Crippen molar-refractivity contribution in [1.82, 2.24) is 4.90 Å². The normalized spacial score (nSPS) is 23.9. The standard InChI is InChI=1S/C14H24BrNO2/c15-9-3-10-16(12-4-1-5-12)14(17)8-7-13-6-2-11-18-13/h12-13H,1-11H2. The minimum absolute atomic E-state index is 0.341. The van der Waals surface area contributed by atoms with Gasteiger partial charge in [0.2, 0.25) is 5.91 Å². The van der Waals surface area contributed by atoms with Crippen molar-refractivity contribution in [2.75, 3.05) is 18.5 Å². The average molecular weight is 318 g/mol. The topological polar surface area (TPSA) is 29.5 Å². The largest absolute Gasteiger partial charge is 0.378 e. The number of hydrogen-bond donors (Lipinski definition) is 0. The third-order valence-electron chi connectivity index (χ3n) is 4.07. The van der Waals surface area contributed by atoms with Crippen LogP contribution in [-0.2, 0) is 9.53 Å². The molecule has 0 N–H and O–H groups in total. The van der Waals surface area contributed by atoms with E-state index < -0.39 is 0 Å². The van der Waals surface area contributed by atoms with Gasteiger partial charge in [0.15, 0.2) is 0 Å². The molecular formula is C14H24BrNO2. The maximum absolute atomic E-state index is 12.3. The maximum Gasteiger partial charge on any atom is 0.222 e. The molecule has 1 saturated heterocycles. The molecule has 0 aromatic rings. The summed E-state index contributed by atoms with van der Waals surface area (Å²) in [6, 6.07) is 0.529. The first-order valence-corrected chi connectivity index (χ1v) is 8.40. The number of halogens is 1. The second kappa shape index (κ2) is 7.49. The van der Waals surface area contributed by atoms with Crippen LogP contribution in [0, 0.1) is 0 Å². The number of carbonyl (C=O) groups excluding carboxylic acids is 1. The molecule has 3 nitrogen and oxygen atoms in total. The second-order valence-electron chi connectivity index (χ2n) is 5.39. The third kappa shape index (κ3) is 3.95. The van der Waals surface area contributed by atoms with Crippen molar-refractivity contribution in [3.63, 3.8) is 0 Å². The number of nitrogens with zero attached hydrogens (tertiary/aromatic N) is 1. The molecule has 2 aliphatic rings. The van der Waals surface area contributed by atoms with Crippen LogP contribution in [0.3, 0.4) is 0 Å². The Bertz CT molecular complexity index is 263. The zero-order valence-corrected chi connectivity index (χ0v) is 12.7. The zero-order valence-electron chi connectivity index (χ0n) is 11.1. The maximum atomic E-state index is 12.3. The lowest BCUT2D eigenvalue weighted by Crippen LogP contribution is -2.45. The Morgan fingerprint density at radius 3 is 2.67 bits per heavy atom. The number of rotatable bonds is 7. The predicted molar refractivity (Wildman–Crippen MR) is 76.0 cm³/mol. The molecule has 0 aromatic carbocycles. The summed E-state index contributed by atoms with van der Waals surface area (Å²) in [6.07, 6.45) is 8.97. The van der Waals surface area contributed by atoms with Gasteiger partial charge in [-0.15, -0.1) is 0 Å². The number of ether oxygens (including phenoxy) is 1. The van der Waals surface area contributed by atoms with Crippen molar-refractivity contribution in [1.29, 1.82) is 0 Å². The SMILES string of the molecule is O=C(CCC1CCCO1)N(CCCBr)C1CCC1. The van der Waals surface area contributed by atoms with Crippen LogP contribution in [0.4, 0.5) is 0 Å². The van der Waals surface area contributed by atoms with E-state index in [0.29, 0.717) is 24.5 Å². The number of carbonyl (C=O) groups is 1. The van der Waals surface area contributed by atoms with Gasteiger partial charge in [0.05, 0.1) is 6.10 Å². The monoisotopic (exact) mass is 317 g/mol. The van der Waals surface area contributed by atoms with Gasteiger partial charge in [0.25, 0.3) is 0 Å². The molecule has 1 aliphatic heterocycles. The van der Waals surface area contributed by atoms with E-state index in [4.69, 9.17) is 4.74 Å². The summed E-state index contributed by atoms with van der Waals surface area (Å²) in [5.41, 5.74) is 0. The molecule has 104 valence electrons. The van der Waals surface area contributed by atoms with E-state index in [0.717, 1.165) is 44.2 Å². The van der Waals surface area contributed by atoms with Crippen LogP contribution in [0.25, 0.3) is 0 Å². The summed E-state index contributed by atoms with van der Waals surface area (Å²) in [5, 5.41) is 0.981. The van der Waals surface area contributed by atoms with Crippen LogP contribution in [-0.4, -0.2) is 41.4 Å². The molecule has 1 saturated carbocycles. The molecule has 1 aliphatic carbocycles. The second-order valence-corrected chi connectivity index (χ2v) is 6.18. The van der Waals surface area contributed by atoms with E-state index in [2.05, 4.69) is 20.8 Å². The van der Waals surface area contributed by atoms with Gasteiger partial charge in [-0.1, -0.05) is 15.9 Å². The Hall–Kier alpha value is -0.0900. The highest BCUT2D eigenvalue weighted by atomic mass is 79.9. The molecule has 1 amide bonds. The van der Waals surface area contributed by atoms with Crippen LogP contribution in [0.5, 0.6) is 0 Å². The van der Waals surface area contributed by atoms with E-state index >= 15 is 0 Å². The molecular weight excluding hydrogens is 294 g/mol. The van der Waals surface area contributed by atoms with Crippen molar-refractivity contribution in [3.8, 4) is 0 Å². The van der Waals surface area contributed by atoms with Crippen LogP contribution in [0.15, 0.2) is 0 Å².